The highest BCUT2D eigenvalue weighted by Gasteiger charge is 2.23. The van der Waals surface area contributed by atoms with Crippen molar-refractivity contribution in [1.82, 2.24) is 10.2 Å². The average Bonchev–Trinajstić information content (AvgIpc) is 2.05. The van der Waals surface area contributed by atoms with Gasteiger partial charge in [0, 0.05) is 12.1 Å². The Morgan fingerprint density at radius 1 is 1.53 bits per heavy atom. The zero-order valence-corrected chi connectivity index (χ0v) is 9.50. The van der Waals surface area contributed by atoms with Crippen LogP contribution in [0.2, 0.25) is 0 Å². The molecule has 5 heteroatoms. The van der Waals surface area contributed by atoms with E-state index in [2.05, 4.69) is 5.32 Å². The van der Waals surface area contributed by atoms with Crippen LogP contribution in [0.1, 0.15) is 27.2 Å². The average molecular weight is 214 g/mol. The largest absolute Gasteiger partial charge is 0.449 e. The number of ether oxygens (including phenoxy) is 1. The summed E-state index contributed by atoms with van der Waals surface area (Å²) in [6.45, 7) is 6.83. The van der Waals surface area contributed by atoms with E-state index in [0.29, 0.717) is 13.2 Å². The number of amides is 2. The van der Waals surface area contributed by atoms with Gasteiger partial charge in [-0.3, -0.25) is 9.69 Å². The van der Waals surface area contributed by atoms with E-state index in [9.17, 15) is 9.59 Å². The Bertz CT molecular complexity index is 258. The molecule has 15 heavy (non-hydrogen) atoms. The summed E-state index contributed by atoms with van der Waals surface area (Å²) in [5.74, 6) is -0.152. The summed E-state index contributed by atoms with van der Waals surface area (Å²) in [6, 6.07) is 0. The fourth-order valence-corrected chi connectivity index (χ4v) is 1.37. The second-order valence-corrected chi connectivity index (χ2v) is 4.69. The Morgan fingerprint density at radius 2 is 2.20 bits per heavy atom. The molecule has 86 valence electrons. The van der Waals surface area contributed by atoms with Crippen LogP contribution in [-0.2, 0) is 9.53 Å². The van der Waals surface area contributed by atoms with Crippen molar-refractivity contribution in [2.24, 2.45) is 0 Å². The summed E-state index contributed by atoms with van der Waals surface area (Å²) in [5.41, 5.74) is -0.267. The van der Waals surface area contributed by atoms with E-state index >= 15 is 0 Å². The van der Waals surface area contributed by atoms with Gasteiger partial charge in [0.05, 0.1) is 6.61 Å². The molecule has 0 spiro atoms. The van der Waals surface area contributed by atoms with Gasteiger partial charge in [-0.25, -0.2) is 4.79 Å². The van der Waals surface area contributed by atoms with E-state index in [-0.39, 0.29) is 18.0 Å². The van der Waals surface area contributed by atoms with Crippen LogP contribution in [0, 0.1) is 0 Å². The first-order valence-electron chi connectivity index (χ1n) is 5.11. The molecule has 0 unspecified atom stereocenters. The highest BCUT2D eigenvalue weighted by atomic mass is 16.6. The first-order valence-corrected chi connectivity index (χ1v) is 5.11. The van der Waals surface area contributed by atoms with Crippen molar-refractivity contribution < 1.29 is 14.3 Å². The minimum absolute atomic E-state index is 0.0795. The first kappa shape index (κ1) is 11.8. The van der Waals surface area contributed by atoms with Gasteiger partial charge in [0.2, 0.25) is 5.91 Å². The molecule has 0 atom stereocenters. The zero-order valence-electron chi connectivity index (χ0n) is 9.50. The highest BCUT2D eigenvalue weighted by molar-refractivity contribution is 5.82. The van der Waals surface area contributed by atoms with Crippen molar-refractivity contribution in [2.45, 2.75) is 32.7 Å². The van der Waals surface area contributed by atoms with E-state index < -0.39 is 6.09 Å². The van der Waals surface area contributed by atoms with E-state index in [1.165, 1.54) is 4.90 Å². The molecule has 0 saturated carbocycles. The smallest absolute Gasteiger partial charge is 0.410 e. The molecule has 0 aromatic heterocycles. The lowest BCUT2D eigenvalue weighted by molar-refractivity contribution is -0.123. The molecule has 1 N–H and O–H groups in total. The van der Waals surface area contributed by atoms with E-state index in [1.54, 1.807) is 0 Å². The molecule has 0 aliphatic carbocycles. The maximum atomic E-state index is 11.5. The lowest BCUT2D eigenvalue weighted by Crippen LogP contribution is -2.48. The normalized spacial score (nSPS) is 17.3. The third-order valence-corrected chi connectivity index (χ3v) is 1.90. The standard InChI is InChI=1S/C10H18N2O3/c1-10(2,3)11-8(13)7-12-5-4-6-15-9(12)14/h4-7H2,1-3H3,(H,11,13). The maximum absolute atomic E-state index is 11.5. The predicted molar refractivity (Wildman–Crippen MR) is 55.4 cm³/mol. The molecule has 1 rings (SSSR count). The Morgan fingerprint density at radius 3 is 2.73 bits per heavy atom. The molecule has 1 aliphatic rings. The molecule has 0 bridgehead atoms. The van der Waals surface area contributed by atoms with Crippen molar-refractivity contribution in [1.29, 1.82) is 0 Å². The predicted octanol–water partition coefficient (Wildman–Crippen LogP) is 0.743. The second kappa shape index (κ2) is 4.51. The van der Waals surface area contributed by atoms with Crippen molar-refractivity contribution in [3.8, 4) is 0 Å². The van der Waals surface area contributed by atoms with Crippen LogP contribution in [-0.4, -0.2) is 42.1 Å². The number of nitrogens with zero attached hydrogens (tertiary/aromatic N) is 1. The van der Waals surface area contributed by atoms with Gasteiger partial charge in [-0.1, -0.05) is 0 Å². The molecule has 2 amide bonds. The molecule has 0 radical (unpaired) electrons. The number of cyclic esters (lactones) is 1. The minimum Gasteiger partial charge on any atom is -0.449 e. The van der Waals surface area contributed by atoms with Crippen molar-refractivity contribution in [2.75, 3.05) is 19.7 Å². The van der Waals surface area contributed by atoms with Gasteiger partial charge < -0.3 is 10.1 Å². The summed E-state index contributed by atoms with van der Waals surface area (Å²) < 4.78 is 4.83. The van der Waals surface area contributed by atoms with Crippen LogP contribution < -0.4 is 5.32 Å². The monoisotopic (exact) mass is 214 g/mol. The van der Waals surface area contributed by atoms with Crippen LogP contribution in [0.5, 0.6) is 0 Å². The SMILES string of the molecule is CC(C)(C)NC(=O)CN1CCCOC1=O. The van der Waals surface area contributed by atoms with Gasteiger partial charge in [0.25, 0.3) is 0 Å². The number of hydrogen-bond donors (Lipinski definition) is 1. The van der Waals surface area contributed by atoms with Gasteiger partial charge in [-0.05, 0) is 27.2 Å². The molecule has 1 heterocycles. The Kier molecular flexibility index (Phi) is 3.55. The first-order chi connectivity index (χ1) is 6.88. The van der Waals surface area contributed by atoms with Gasteiger partial charge in [-0.2, -0.15) is 0 Å². The summed E-state index contributed by atoms with van der Waals surface area (Å²) in [4.78, 5) is 24.2. The van der Waals surface area contributed by atoms with Crippen LogP contribution in [0.3, 0.4) is 0 Å². The zero-order chi connectivity index (χ0) is 11.5. The van der Waals surface area contributed by atoms with Crippen LogP contribution in [0.15, 0.2) is 0 Å². The Balaban J connectivity index is 2.40. The third kappa shape index (κ3) is 4.18. The van der Waals surface area contributed by atoms with E-state index in [0.717, 1.165) is 6.42 Å². The summed E-state index contributed by atoms with van der Waals surface area (Å²) in [5, 5.41) is 2.80. The summed E-state index contributed by atoms with van der Waals surface area (Å²) in [7, 11) is 0. The van der Waals surface area contributed by atoms with E-state index in [1.807, 2.05) is 20.8 Å². The summed E-state index contributed by atoms with van der Waals surface area (Å²) in [6.07, 6.45) is 0.388. The maximum Gasteiger partial charge on any atom is 0.410 e. The van der Waals surface area contributed by atoms with Crippen LogP contribution in [0.4, 0.5) is 4.79 Å². The van der Waals surface area contributed by atoms with Gasteiger partial charge in [-0.15, -0.1) is 0 Å². The van der Waals surface area contributed by atoms with Crippen molar-refractivity contribution >= 4 is 12.0 Å². The van der Waals surface area contributed by atoms with Crippen LogP contribution >= 0.6 is 0 Å². The summed E-state index contributed by atoms with van der Waals surface area (Å²) >= 11 is 0. The molecule has 0 aromatic carbocycles. The second-order valence-electron chi connectivity index (χ2n) is 4.69. The quantitative estimate of drug-likeness (QED) is 0.737. The van der Waals surface area contributed by atoms with Crippen LogP contribution in [0.25, 0.3) is 0 Å². The van der Waals surface area contributed by atoms with E-state index in [4.69, 9.17) is 4.74 Å². The fraction of sp³-hybridized carbons (Fsp3) is 0.800. The lowest BCUT2D eigenvalue weighted by Gasteiger charge is -2.27. The topological polar surface area (TPSA) is 58.6 Å². The molecule has 0 aromatic rings. The third-order valence-electron chi connectivity index (χ3n) is 1.90. The number of hydrogen-bond acceptors (Lipinski definition) is 3. The molecule has 1 saturated heterocycles. The lowest BCUT2D eigenvalue weighted by atomic mass is 10.1. The molecule has 5 nitrogen and oxygen atoms in total. The molecule has 1 aliphatic heterocycles. The minimum atomic E-state index is -0.398. The molecular formula is C10H18N2O3. The number of rotatable bonds is 2. The molecular weight excluding hydrogens is 196 g/mol. The fourth-order valence-electron chi connectivity index (χ4n) is 1.37. The number of carbonyl (C=O) groups is 2. The van der Waals surface area contributed by atoms with Crippen molar-refractivity contribution in [3.63, 3.8) is 0 Å². The van der Waals surface area contributed by atoms with Crippen molar-refractivity contribution in [3.05, 3.63) is 0 Å². The van der Waals surface area contributed by atoms with Gasteiger partial charge in [0.15, 0.2) is 0 Å². The molecule has 1 fully saturated rings. The van der Waals surface area contributed by atoms with Gasteiger partial charge in [0.1, 0.15) is 6.54 Å². The number of nitrogens with one attached hydrogen (secondary N) is 1. The highest BCUT2D eigenvalue weighted by Crippen LogP contribution is 2.05. The number of carbonyl (C=O) groups excluding carboxylic acids is 2. The Hall–Kier alpha value is -1.26. The Labute approximate surface area is 89.8 Å². The van der Waals surface area contributed by atoms with Gasteiger partial charge >= 0.3 is 6.09 Å².